The van der Waals surface area contributed by atoms with Crippen molar-refractivity contribution >= 4 is 34.4 Å². The molecular formula is C26H27N3O5. The number of benzene rings is 2. The van der Waals surface area contributed by atoms with Gasteiger partial charge in [0.2, 0.25) is 0 Å². The van der Waals surface area contributed by atoms with E-state index in [1.54, 1.807) is 31.2 Å². The molecule has 4 rings (SSSR count). The molecule has 1 aliphatic heterocycles. The number of anilines is 1. The van der Waals surface area contributed by atoms with Crippen LogP contribution in [0.4, 0.5) is 5.69 Å². The number of ether oxygens (including phenoxy) is 2. The zero-order valence-electron chi connectivity index (χ0n) is 19.5. The molecule has 8 nitrogen and oxygen atoms in total. The Bertz CT molecular complexity index is 1240. The van der Waals surface area contributed by atoms with E-state index in [-0.39, 0.29) is 6.61 Å². The van der Waals surface area contributed by atoms with Crippen molar-refractivity contribution in [2.24, 2.45) is 0 Å². The predicted molar refractivity (Wildman–Crippen MR) is 128 cm³/mol. The number of nitrogens with zero attached hydrogens (tertiary/aromatic N) is 2. The first-order chi connectivity index (χ1) is 16.4. The van der Waals surface area contributed by atoms with E-state index in [1.807, 2.05) is 31.3 Å². The minimum absolute atomic E-state index is 0.284. The molecule has 0 saturated carbocycles. The minimum Gasteiger partial charge on any atom is -0.462 e. The van der Waals surface area contributed by atoms with Gasteiger partial charge in [0.05, 0.1) is 23.3 Å². The van der Waals surface area contributed by atoms with Crippen molar-refractivity contribution in [1.29, 1.82) is 0 Å². The highest BCUT2D eigenvalue weighted by Crippen LogP contribution is 2.28. The van der Waals surface area contributed by atoms with Gasteiger partial charge in [-0.2, -0.15) is 0 Å². The second kappa shape index (κ2) is 10.0. The van der Waals surface area contributed by atoms with Gasteiger partial charge < -0.3 is 19.7 Å². The largest absolute Gasteiger partial charge is 0.462 e. The Morgan fingerprint density at radius 1 is 1.09 bits per heavy atom. The zero-order valence-corrected chi connectivity index (χ0v) is 19.5. The zero-order chi connectivity index (χ0) is 24.2. The van der Waals surface area contributed by atoms with Gasteiger partial charge in [-0.15, -0.1) is 0 Å². The van der Waals surface area contributed by atoms with Crippen LogP contribution in [0.5, 0.6) is 0 Å². The van der Waals surface area contributed by atoms with Crippen LogP contribution in [0.25, 0.3) is 10.9 Å². The summed E-state index contributed by atoms with van der Waals surface area (Å²) in [6.07, 6.45) is -0.282. The number of esters is 2. The number of para-hydroxylation sites is 1. The van der Waals surface area contributed by atoms with Crippen LogP contribution in [-0.2, 0) is 27.2 Å². The summed E-state index contributed by atoms with van der Waals surface area (Å²) in [6, 6.07) is 13.8. The second-order valence-electron chi connectivity index (χ2n) is 8.25. The monoisotopic (exact) mass is 461 g/mol. The summed E-state index contributed by atoms with van der Waals surface area (Å²) < 4.78 is 10.6. The van der Waals surface area contributed by atoms with Crippen LogP contribution in [0.2, 0.25) is 0 Å². The predicted octanol–water partition coefficient (Wildman–Crippen LogP) is 3.58. The van der Waals surface area contributed by atoms with Gasteiger partial charge in [0.25, 0.3) is 5.91 Å². The third-order valence-corrected chi connectivity index (χ3v) is 5.76. The molecular weight excluding hydrogens is 434 g/mol. The van der Waals surface area contributed by atoms with Gasteiger partial charge in [-0.1, -0.05) is 18.2 Å². The molecule has 34 heavy (non-hydrogen) atoms. The Labute approximate surface area is 197 Å². The standard InChI is InChI=1S/C26H27N3O5/c1-4-33-25(31)17-9-11-18(12-10-17)27-24(30)16(2)34-26(32)23-19-7-5-6-8-21(19)28-22-13-14-29(3)15-20(22)23/h5-12,16H,4,13-15H2,1-3H3,(H,27,30). The smallest absolute Gasteiger partial charge is 0.339 e. The topological polar surface area (TPSA) is 97.8 Å². The highest BCUT2D eigenvalue weighted by atomic mass is 16.5. The van der Waals surface area contributed by atoms with Crippen LogP contribution >= 0.6 is 0 Å². The van der Waals surface area contributed by atoms with E-state index in [0.29, 0.717) is 28.7 Å². The fourth-order valence-corrected chi connectivity index (χ4v) is 3.98. The van der Waals surface area contributed by atoms with Gasteiger partial charge in [0, 0.05) is 41.8 Å². The first-order valence-electron chi connectivity index (χ1n) is 11.3. The lowest BCUT2D eigenvalue weighted by Gasteiger charge is -2.27. The van der Waals surface area contributed by atoms with Crippen molar-refractivity contribution in [1.82, 2.24) is 9.88 Å². The van der Waals surface area contributed by atoms with E-state index < -0.39 is 23.9 Å². The summed E-state index contributed by atoms with van der Waals surface area (Å²) in [5, 5.41) is 3.43. The maximum Gasteiger partial charge on any atom is 0.339 e. The van der Waals surface area contributed by atoms with Gasteiger partial charge in [-0.25, -0.2) is 9.59 Å². The number of carbonyl (C=O) groups is 3. The van der Waals surface area contributed by atoms with Crippen molar-refractivity contribution in [3.63, 3.8) is 0 Å². The molecule has 0 bridgehead atoms. The number of hydrogen-bond acceptors (Lipinski definition) is 7. The summed E-state index contributed by atoms with van der Waals surface area (Å²) in [7, 11) is 2.00. The lowest BCUT2D eigenvalue weighted by Crippen LogP contribution is -2.32. The summed E-state index contributed by atoms with van der Waals surface area (Å²) in [5.41, 5.74) is 3.80. The Morgan fingerprint density at radius 3 is 2.56 bits per heavy atom. The number of hydrogen-bond donors (Lipinski definition) is 1. The molecule has 1 aliphatic rings. The molecule has 0 fully saturated rings. The van der Waals surface area contributed by atoms with Crippen LogP contribution in [0, 0.1) is 0 Å². The fraction of sp³-hybridized carbons (Fsp3) is 0.308. The average molecular weight is 462 g/mol. The molecule has 176 valence electrons. The van der Waals surface area contributed by atoms with E-state index >= 15 is 0 Å². The van der Waals surface area contributed by atoms with E-state index in [9.17, 15) is 14.4 Å². The molecule has 1 aromatic heterocycles. The number of nitrogens with one attached hydrogen (secondary N) is 1. The Morgan fingerprint density at radius 2 is 1.82 bits per heavy atom. The van der Waals surface area contributed by atoms with Gasteiger partial charge >= 0.3 is 11.9 Å². The average Bonchev–Trinajstić information content (AvgIpc) is 2.83. The van der Waals surface area contributed by atoms with Crippen LogP contribution < -0.4 is 5.32 Å². The molecule has 3 aromatic rings. The third kappa shape index (κ3) is 4.92. The van der Waals surface area contributed by atoms with Crippen LogP contribution in [0.15, 0.2) is 48.5 Å². The molecule has 2 heterocycles. The van der Waals surface area contributed by atoms with Crippen molar-refractivity contribution < 1.29 is 23.9 Å². The molecule has 0 radical (unpaired) electrons. The third-order valence-electron chi connectivity index (χ3n) is 5.76. The van der Waals surface area contributed by atoms with Crippen molar-refractivity contribution in [2.45, 2.75) is 32.9 Å². The number of rotatable bonds is 6. The maximum absolute atomic E-state index is 13.3. The summed E-state index contributed by atoms with van der Waals surface area (Å²) in [4.78, 5) is 44.7. The quantitative estimate of drug-likeness (QED) is 0.560. The maximum atomic E-state index is 13.3. The van der Waals surface area contributed by atoms with Crippen molar-refractivity contribution in [3.8, 4) is 0 Å². The normalized spacial score (nSPS) is 14.2. The fourth-order valence-electron chi connectivity index (χ4n) is 3.98. The van der Waals surface area contributed by atoms with Gasteiger partial charge in [-0.05, 0) is 51.2 Å². The highest BCUT2D eigenvalue weighted by Gasteiger charge is 2.27. The number of carbonyl (C=O) groups excluding carboxylic acids is 3. The van der Waals surface area contributed by atoms with Gasteiger partial charge in [0.15, 0.2) is 6.10 Å². The SMILES string of the molecule is CCOC(=O)c1ccc(NC(=O)C(C)OC(=O)c2c3c(nc4ccccc24)CCN(C)C3)cc1. The molecule has 2 aromatic carbocycles. The Balaban J connectivity index is 1.51. The van der Waals surface area contributed by atoms with Crippen molar-refractivity contribution in [2.75, 3.05) is 25.5 Å². The van der Waals surface area contributed by atoms with Gasteiger partial charge in [0.1, 0.15) is 0 Å². The lowest BCUT2D eigenvalue weighted by atomic mass is 9.96. The first kappa shape index (κ1) is 23.4. The molecule has 1 unspecified atom stereocenters. The molecule has 1 atom stereocenters. The van der Waals surface area contributed by atoms with E-state index in [2.05, 4.69) is 10.2 Å². The summed E-state index contributed by atoms with van der Waals surface area (Å²) in [6.45, 7) is 5.00. The molecule has 1 amide bonds. The number of amides is 1. The first-order valence-corrected chi connectivity index (χ1v) is 11.3. The number of likely N-dealkylation sites (N-methyl/N-ethyl adjacent to an activating group) is 1. The highest BCUT2D eigenvalue weighted by molar-refractivity contribution is 6.06. The second-order valence-corrected chi connectivity index (χ2v) is 8.25. The van der Waals surface area contributed by atoms with Crippen LogP contribution in [-0.4, -0.2) is 54.0 Å². The summed E-state index contributed by atoms with van der Waals surface area (Å²) in [5.74, 6) is -1.45. The van der Waals surface area contributed by atoms with E-state index in [1.165, 1.54) is 6.92 Å². The van der Waals surface area contributed by atoms with Crippen molar-refractivity contribution in [3.05, 3.63) is 70.9 Å². The van der Waals surface area contributed by atoms with Crippen LogP contribution in [0.1, 0.15) is 45.8 Å². The number of fused-ring (bicyclic) bond motifs is 2. The molecule has 0 saturated heterocycles. The molecule has 8 heteroatoms. The Kier molecular flexibility index (Phi) is 6.88. The Hall–Kier alpha value is -3.78. The number of aromatic nitrogens is 1. The number of pyridine rings is 1. The molecule has 0 spiro atoms. The molecule has 1 N–H and O–H groups in total. The minimum atomic E-state index is -1.03. The van der Waals surface area contributed by atoms with Gasteiger partial charge in [-0.3, -0.25) is 9.78 Å². The summed E-state index contributed by atoms with van der Waals surface area (Å²) >= 11 is 0. The van der Waals surface area contributed by atoms with Crippen LogP contribution in [0.3, 0.4) is 0 Å². The molecule has 0 aliphatic carbocycles. The van der Waals surface area contributed by atoms with E-state index in [0.717, 1.165) is 29.7 Å². The van der Waals surface area contributed by atoms with E-state index in [4.69, 9.17) is 14.5 Å². The lowest BCUT2D eigenvalue weighted by molar-refractivity contribution is -0.123.